The summed E-state index contributed by atoms with van der Waals surface area (Å²) in [7, 11) is 0. The van der Waals surface area contributed by atoms with Crippen LogP contribution in [0.1, 0.15) is 41.8 Å². The number of phenols is 1. The van der Waals surface area contributed by atoms with Gasteiger partial charge in [-0.05, 0) is 45.2 Å². The molecule has 1 aliphatic heterocycles. The van der Waals surface area contributed by atoms with Crippen molar-refractivity contribution in [1.82, 2.24) is 0 Å². The quantitative estimate of drug-likeness (QED) is 0.740. The lowest BCUT2D eigenvalue weighted by molar-refractivity contribution is 0.0832. The van der Waals surface area contributed by atoms with Gasteiger partial charge < -0.3 is 9.84 Å². The average molecular weight is 220 g/mol. The second-order valence-electron chi connectivity index (χ2n) is 4.91. The Balaban J connectivity index is 2.57. The first-order valence-corrected chi connectivity index (χ1v) is 5.44. The third-order valence-electron chi connectivity index (χ3n) is 3.09. The van der Waals surface area contributed by atoms with Crippen molar-refractivity contribution in [2.24, 2.45) is 0 Å². The molecular formula is C13H16O3. The van der Waals surface area contributed by atoms with Crippen molar-refractivity contribution in [3.63, 3.8) is 0 Å². The van der Waals surface area contributed by atoms with Crippen LogP contribution in [0.4, 0.5) is 0 Å². The smallest absolute Gasteiger partial charge is 0.153 e. The Hall–Kier alpha value is -1.51. The van der Waals surface area contributed by atoms with Crippen LogP contribution in [0.5, 0.6) is 11.5 Å². The number of hydrogen-bond donors (Lipinski definition) is 1. The van der Waals surface area contributed by atoms with Gasteiger partial charge in [-0.15, -0.1) is 0 Å². The minimum atomic E-state index is -0.201. The molecule has 16 heavy (non-hydrogen) atoms. The van der Waals surface area contributed by atoms with E-state index >= 15 is 0 Å². The van der Waals surface area contributed by atoms with E-state index in [1.54, 1.807) is 13.0 Å². The van der Waals surface area contributed by atoms with E-state index in [4.69, 9.17) is 4.74 Å². The molecule has 3 heteroatoms. The summed E-state index contributed by atoms with van der Waals surface area (Å²) >= 11 is 0. The Labute approximate surface area is 95.0 Å². The van der Waals surface area contributed by atoms with Gasteiger partial charge in [-0.1, -0.05) is 0 Å². The highest BCUT2D eigenvalue weighted by Gasteiger charge is 2.29. The van der Waals surface area contributed by atoms with Crippen LogP contribution in [0.15, 0.2) is 6.07 Å². The number of aromatic hydroxyl groups is 1. The number of phenolic OH excluding ortho intramolecular Hbond substituents is 1. The van der Waals surface area contributed by atoms with Gasteiger partial charge >= 0.3 is 0 Å². The maximum Gasteiger partial charge on any atom is 0.153 e. The Kier molecular flexibility index (Phi) is 2.41. The van der Waals surface area contributed by atoms with Gasteiger partial charge in [-0.25, -0.2) is 0 Å². The fourth-order valence-corrected chi connectivity index (χ4v) is 2.07. The Morgan fingerprint density at radius 1 is 1.50 bits per heavy atom. The van der Waals surface area contributed by atoms with Crippen molar-refractivity contribution in [3.8, 4) is 11.5 Å². The van der Waals surface area contributed by atoms with Gasteiger partial charge in [0.2, 0.25) is 0 Å². The largest absolute Gasteiger partial charge is 0.507 e. The zero-order chi connectivity index (χ0) is 11.9. The summed E-state index contributed by atoms with van der Waals surface area (Å²) < 4.78 is 5.85. The lowest BCUT2D eigenvalue weighted by atomic mass is 9.91. The molecule has 0 atom stereocenters. The monoisotopic (exact) mass is 220 g/mol. The van der Waals surface area contributed by atoms with Crippen LogP contribution in [0.25, 0.3) is 0 Å². The normalized spacial score (nSPS) is 17.4. The third-order valence-corrected chi connectivity index (χ3v) is 3.09. The van der Waals surface area contributed by atoms with Gasteiger partial charge in [0.15, 0.2) is 6.29 Å². The van der Waals surface area contributed by atoms with Crippen LogP contribution in [0, 0.1) is 6.92 Å². The van der Waals surface area contributed by atoms with E-state index in [0.29, 0.717) is 17.4 Å². The molecule has 0 saturated carbocycles. The van der Waals surface area contributed by atoms with Crippen molar-refractivity contribution in [2.45, 2.75) is 39.2 Å². The summed E-state index contributed by atoms with van der Waals surface area (Å²) in [6, 6.07) is 1.72. The van der Waals surface area contributed by atoms with Gasteiger partial charge in [0.05, 0.1) is 5.56 Å². The van der Waals surface area contributed by atoms with E-state index in [-0.39, 0.29) is 11.4 Å². The Morgan fingerprint density at radius 3 is 2.81 bits per heavy atom. The summed E-state index contributed by atoms with van der Waals surface area (Å²) in [6.45, 7) is 5.84. The molecule has 1 aromatic rings. The molecule has 0 fully saturated rings. The minimum Gasteiger partial charge on any atom is -0.507 e. The highest BCUT2D eigenvalue weighted by molar-refractivity contribution is 5.81. The molecule has 1 aliphatic rings. The molecule has 0 spiro atoms. The van der Waals surface area contributed by atoms with Crippen molar-refractivity contribution in [3.05, 3.63) is 22.8 Å². The van der Waals surface area contributed by atoms with Crippen molar-refractivity contribution in [1.29, 1.82) is 0 Å². The zero-order valence-electron chi connectivity index (χ0n) is 9.83. The molecule has 0 aliphatic carbocycles. The molecular weight excluding hydrogens is 204 g/mol. The summed E-state index contributed by atoms with van der Waals surface area (Å²) in [5, 5.41) is 9.81. The third kappa shape index (κ3) is 1.66. The molecule has 1 N–H and O–H groups in total. The maximum absolute atomic E-state index is 10.8. The van der Waals surface area contributed by atoms with Crippen LogP contribution in [-0.4, -0.2) is 17.0 Å². The van der Waals surface area contributed by atoms with Gasteiger partial charge in [0, 0.05) is 5.56 Å². The van der Waals surface area contributed by atoms with Crippen LogP contribution >= 0.6 is 0 Å². The average Bonchev–Trinajstić information content (AvgIpc) is 2.23. The molecule has 2 rings (SSSR count). The molecule has 0 unspecified atom stereocenters. The fraction of sp³-hybridized carbons (Fsp3) is 0.462. The molecule has 0 aromatic heterocycles. The SMILES string of the molecule is Cc1c(O)c(C=O)cc2c1OC(C)(C)CC2. The number of hydrogen-bond acceptors (Lipinski definition) is 3. The maximum atomic E-state index is 10.8. The van der Waals surface area contributed by atoms with Crippen molar-refractivity contribution in [2.75, 3.05) is 0 Å². The fourth-order valence-electron chi connectivity index (χ4n) is 2.07. The number of carbonyl (C=O) groups excluding carboxylic acids is 1. The second kappa shape index (κ2) is 3.51. The van der Waals surface area contributed by atoms with Crippen LogP contribution in [0.2, 0.25) is 0 Å². The number of ether oxygens (including phenoxy) is 1. The number of benzene rings is 1. The number of aldehydes is 1. The number of aryl methyl sites for hydroxylation is 1. The molecule has 0 amide bonds. The van der Waals surface area contributed by atoms with Crippen LogP contribution in [0.3, 0.4) is 0 Å². The number of rotatable bonds is 1. The summed E-state index contributed by atoms with van der Waals surface area (Å²) in [4.78, 5) is 10.8. The van der Waals surface area contributed by atoms with Crippen molar-refractivity contribution >= 4 is 6.29 Å². The second-order valence-corrected chi connectivity index (χ2v) is 4.91. The van der Waals surface area contributed by atoms with E-state index < -0.39 is 0 Å². The first kappa shape index (κ1) is 11.0. The molecule has 0 bridgehead atoms. The topological polar surface area (TPSA) is 46.5 Å². The van der Waals surface area contributed by atoms with Gasteiger partial charge in [0.1, 0.15) is 17.1 Å². The van der Waals surface area contributed by atoms with Crippen LogP contribution in [-0.2, 0) is 6.42 Å². The molecule has 1 heterocycles. The highest BCUT2D eigenvalue weighted by atomic mass is 16.5. The summed E-state index contributed by atoms with van der Waals surface area (Å²) in [5.74, 6) is 0.769. The van der Waals surface area contributed by atoms with E-state index in [1.807, 2.05) is 13.8 Å². The molecule has 0 saturated heterocycles. The van der Waals surface area contributed by atoms with E-state index in [2.05, 4.69) is 0 Å². The first-order chi connectivity index (χ1) is 7.44. The lowest BCUT2D eigenvalue weighted by Crippen LogP contribution is -2.33. The molecule has 1 aromatic carbocycles. The molecule has 86 valence electrons. The lowest BCUT2D eigenvalue weighted by Gasteiger charge is -2.34. The van der Waals surface area contributed by atoms with E-state index in [9.17, 15) is 9.90 Å². The Bertz CT molecular complexity index is 447. The predicted molar refractivity (Wildman–Crippen MR) is 61.3 cm³/mol. The zero-order valence-corrected chi connectivity index (χ0v) is 9.83. The summed E-state index contributed by atoms with van der Waals surface area (Å²) in [6.07, 6.45) is 2.48. The summed E-state index contributed by atoms with van der Waals surface area (Å²) in [5.41, 5.74) is 1.82. The molecule has 0 radical (unpaired) electrons. The van der Waals surface area contributed by atoms with Gasteiger partial charge in [-0.3, -0.25) is 4.79 Å². The van der Waals surface area contributed by atoms with Gasteiger partial charge in [0.25, 0.3) is 0 Å². The minimum absolute atomic E-state index is 0.0338. The number of carbonyl (C=O) groups is 1. The van der Waals surface area contributed by atoms with E-state index in [1.165, 1.54) is 0 Å². The van der Waals surface area contributed by atoms with Gasteiger partial charge in [-0.2, -0.15) is 0 Å². The van der Waals surface area contributed by atoms with Crippen molar-refractivity contribution < 1.29 is 14.6 Å². The van der Waals surface area contributed by atoms with E-state index in [0.717, 1.165) is 24.2 Å². The predicted octanol–water partition coefficient (Wildman–Crippen LogP) is 2.62. The standard InChI is InChI=1S/C13H16O3/c1-8-11(15)10(7-14)6-9-4-5-13(2,3)16-12(8)9/h6-7,15H,4-5H2,1-3H3. The molecule has 3 nitrogen and oxygen atoms in total. The number of fused-ring (bicyclic) bond motifs is 1. The highest BCUT2D eigenvalue weighted by Crippen LogP contribution is 2.40. The first-order valence-electron chi connectivity index (χ1n) is 5.44. The van der Waals surface area contributed by atoms with Crippen LogP contribution < -0.4 is 4.74 Å². The Morgan fingerprint density at radius 2 is 2.19 bits per heavy atom.